The molecule has 0 aliphatic rings. The van der Waals surface area contributed by atoms with Crippen LogP contribution in [0.5, 0.6) is 11.6 Å². The second-order valence-electron chi connectivity index (χ2n) is 7.40. The van der Waals surface area contributed by atoms with Gasteiger partial charge in [-0.3, -0.25) is 4.79 Å². The van der Waals surface area contributed by atoms with Crippen molar-refractivity contribution in [2.45, 2.75) is 25.3 Å². The van der Waals surface area contributed by atoms with Crippen molar-refractivity contribution in [3.8, 4) is 11.6 Å². The van der Waals surface area contributed by atoms with Gasteiger partial charge in [0, 0.05) is 7.05 Å². The molecule has 2 aromatic carbocycles. The molecule has 1 atom stereocenters. The second-order valence-corrected chi connectivity index (χ2v) is 7.40. The van der Waals surface area contributed by atoms with Crippen LogP contribution in [0.4, 0.5) is 26.3 Å². The van der Waals surface area contributed by atoms with Gasteiger partial charge in [-0.15, -0.1) is 0 Å². The minimum absolute atomic E-state index is 0.0318. The molecule has 1 heterocycles. The summed E-state index contributed by atoms with van der Waals surface area (Å²) < 4.78 is 85.8. The third-order valence-corrected chi connectivity index (χ3v) is 4.87. The van der Waals surface area contributed by atoms with Crippen LogP contribution in [0.3, 0.4) is 0 Å². The summed E-state index contributed by atoms with van der Waals surface area (Å²) in [5.41, 5.74) is -3.35. The monoisotopic (exact) mass is 501 g/mol. The molecule has 0 spiro atoms. The average molecular weight is 501 g/mol. The number of hydrogen-bond donors (Lipinski definition) is 2. The lowest BCUT2D eigenvalue weighted by Gasteiger charge is -2.16. The summed E-state index contributed by atoms with van der Waals surface area (Å²) in [5, 5.41) is 14.6. The molecule has 1 amide bonds. The molecule has 0 saturated heterocycles. The van der Waals surface area contributed by atoms with Gasteiger partial charge in [0.2, 0.25) is 5.88 Å². The molecule has 0 aliphatic heterocycles. The van der Waals surface area contributed by atoms with Gasteiger partial charge in [0.05, 0.1) is 17.2 Å². The molecule has 2 N–H and O–H groups in total. The molecule has 3 aromatic rings. The maximum Gasteiger partial charge on any atom is 0.436 e. The van der Waals surface area contributed by atoms with E-state index in [0.29, 0.717) is 16.3 Å². The highest BCUT2D eigenvalue weighted by molar-refractivity contribution is 5.98. The Labute approximate surface area is 193 Å². The minimum Gasteiger partial charge on any atom is -0.478 e. The van der Waals surface area contributed by atoms with Crippen LogP contribution in [0.1, 0.15) is 50.5 Å². The van der Waals surface area contributed by atoms with Crippen molar-refractivity contribution < 1.29 is 45.8 Å². The van der Waals surface area contributed by atoms with E-state index >= 15 is 0 Å². The van der Waals surface area contributed by atoms with Crippen LogP contribution in [0.15, 0.2) is 48.5 Å². The number of halogens is 6. The number of nitrogens with zero attached hydrogens (tertiary/aromatic N) is 2. The standard InChI is InChI=1S/C22H17F6N3O4/c1-11(12-6-8-13(9-7-12)20(33)34)29-18(32)16-17(22(26,27)28)30-31(2)19(16)35-15-5-3-4-14(10-15)21(23,24)25/h3-11H,1-2H3,(H,29,32)(H,33,34). The van der Waals surface area contributed by atoms with E-state index in [1.807, 2.05) is 0 Å². The van der Waals surface area contributed by atoms with Crippen molar-refractivity contribution in [1.82, 2.24) is 15.1 Å². The van der Waals surface area contributed by atoms with Crippen LogP contribution in [0, 0.1) is 0 Å². The molecule has 0 fully saturated rings. The van der Waals surface area contributed by atoms with Crippen LogP contribution >= 0.6 is 0 Å². The van der Waals surface area contributed by atoms with Gasteiger partial charge in [-0.05, 0) is 42.8 Å². The van der Waals surface area contributed by atoms with E-state index in [9.17, 15) is 35.9 Å². The third-order valence-electron chi connectivity index (χ3n) is 4.87. The second kappa shape index (κ2) is 9.31. The summed E-state index contributed by atoms with van der Waals surface area (Å²) in [6, 6.07) is 7.82. The van der Waals surface area contributed by atoms with Crippen LogP contribution in [0.25, 0.3) is 0 Å². The van der Waals surface area contributed by atoms with Crippen LogP contribution < -0.4 is 10.1 Å². The van der Waals surface area contributed by atoms with Crippen molar-refractivity contribution >= 4 is 11.9 Å². The van der Waals surface area contributed by atoms with E-state index in [4.69, 9.17) is 9.84 Å². The molecule has 0 radical (unpaired) electrons. The molecule has 3 rings (SSSR count). The van der Waals surface area contributed by atoms with Crippen molar-refractivity contribution in [1.29, 1.82) is 0 Å². The number of hydrogen-bond acceptors (Lipinski definition) is 4. The first-order valence-electron chi connectivity index (χ1n) is 9.82. The fraction of sp³-hybridized carbons (Fsp3) is 0.227. The zero-order chi connectivity index (χ0) is 26.1. The third kappa shape index (κ3) is 5.73. The van der Waals surface area contributed by atoms with Gasteiger partial charge in [-0.1, -0.05) is 18.2 Å². The predicted molar refractivity (Wildman–Crippen MR) is 109 cm³/mol. The molecule has 35 heavy (non-hydrogen) atoms. The highest BCUT2D eigenvalue weighted by Gasteiger charge is 2.42. The highest BCUT2D eigenvalue weighted by atomic mass is 19.4. The molecule has 0 saturated carbocycles. The van der Waals surface area contributed by atoms with E-state index in [2.05, 4.69) is 10.4 Å². The number of carboxylic acids is 1. The fourth-order valence-electron chi connectivity index (χ4n) is 3.14. The predicted octanol–water partition coefficient (Wildman–Crippen LogP) is 5.44. The molecule has 1 unspecified atom stereocenters. The number of benzene rings is 2. The van der Waals surface area contributed by atoms with Crippen molar-refractivity contribution in [2.24, 2.45) is 7.05 Å². The van der Waals surface area contributed by atoms with Gasteiger partial charge in [0.15, 0.2) is 5.69 Å². The number of amides is 1. The Morgan fingerprint density at radius 1 is 1.03 bits per heavy atom. The largest absolute Gasteiger partial charge is 0.478 e. The number of ether oxygens (including phenoxy) is 1. The molecule has 13 heteroatoms. The quantitative estimate of drug-likeness (QED) is 0.439. The number of aryl methyl sites for hydroxylation is 1. The SMILES string of the molecule is CC(NC(=O)c1c(C(F)(F)F)nn(C)c1Oc1cccc(C(F)(F)F)c1)c1ccc(C(=O)O)cc1. The number of nitrogens with one attached hydrogen (secondary N) is 1. The number of aromatic carboxylic acids is 1. The number of carboxylic acid groups (broad SMARTS) is 1. The summed E-state index contributed by atoms with van der Waals surface area (Å²) in [7, 11) is 1.04. The van der Waals surface area contributed by atoms with Crippen LogP contribution in [-0.2, 0) is 19.4 Å². The Hall–Kier alpha value is -4.03. The van der Waals surface area contributed by atoms with E-state index < -0.39 is 58.7 Å². The molecule has 0 aliphatic carbocycles. The first-order valence-corrected chi connectivity index (χ1v) is 9.82. The summed E-state index contributed by atoms with van der Waals surface area (Å²) >= 11 is 0. The molecule has 7 nitrogen and oxygen atoms in total. The molecular formula is C22H17F6N3O4. The lowest BCUT2D eigenvalue weighted by atomic mass is 10.1. The lowest BCUT2D eigenvalue weighted by molar-refractivity contribution is -0.141. The van der Waals surface area contributed by atoms with Gasteiger partial charge in [-0.25, -0.2) is 9.48 Å². The Bertz CT molecular complexity index is 1250. The van der Waals surface area contributed by atoms with Crippen molar-refractivity contribution in [3.05, 3.63) is 76.5 Å². The summed E-state index contributed by atoms with van der Waals surface area (Å²) in [6.07, 6.45) is -9.80. The van der Waals surface area contributed by atoms with Crippen LogP contribution in [-0.4, -0.2) is 26.8 Å². The maximum atomic E-state index is 13.6. The molecule has 0 bridgehead atoms. The van der Waals surface area contributed by atoms with E-state index in [0.717, 1.165) is 25.2 Å². The van der Waals surface area contributed by atoms with Gasteiger partial charge < -0.3 is 15.2 Å². The summed E-state index contributed by atoms with van der Waals surface area (Å²) in [5.74, 6) is -3.61. The lowest BCUT2D eigenvalue weighted by Crippen LogP contribution is -2.28. The van der Waals surface area contributed by atoms with E-state index in [1.165, 1.54) is 31.2 Å². The van der Waals surface area contributed by atoms with E-state index in [1.54, 1.807) is 0 Å². The van der Waals surface area contributed by atoms with Gasteiger partial charge >= 0.3 is 18.3 Å². The molecule has 186 valence electrons. The molecule has 1 aromatic heterocycles. The Morgan fingerprint density at radius 3 is 2.20 bits per heavy atom. The van der Waals surface area contributed by atoms with Crippen molar-refractivity contribution in [2.75, 3.05) is 0 Å². The average Bonchev–Trinajstić information content (AvgIpc) is 3.10. The maximum absolute atomic E-state index is 13.6. The van der Waals surface area contributed by atoms with Crippen LogP contribution in [0.2, 0.25) is 0 Å². The highest BCUT2D eigenvalue weighted by Crippen LogP contribution is 2.38. The number of rotatable bonds is 6. The first kappa shape index (κ1) is 25.6. The Kier molecular flexibility index (Phi) is 6.81. The van der Waals surface area contributed by atoms with E-state index in [-0.39, 0.29) is 5.56 Å². The summed E-state index contributed by atoms with van der Waals surface area (Å²) in [4.78, 5) is 23.9. The molecular weight excluding hydrogens is 484 g/mol. The summed E-state index contributed by atoms with van der Waals surface area (Å²) in [6.45, 7) is 1.45. The van der Waals surface area contributed by atoms with Gasteiger partial charge in [0.25, 0.3) is 5.91 Å². The van der Waals surface area contributed by atoms with Gasteiger partial charge in [0.1, 0.15) is 11.3 Å². The fourth-order valence-corrected chi connectivity index (χ4v) is 3.14. The smallest absolute Gasteiger partial charge is 0.436 e. The number of carbonyl (C=O) groups excluding carboxylic acids is 1. The Morgan fingerprint density at radius 2 is 1.66 bits per heavy atom. The zero-order valence-electron chi connectivity index (χ0n) is 18.0. The normalized spacial score (nSPS) is 12.8. The van der Waals surface area contributed by atoms with Crippen molar-refractivity contribution in [3.63, 3.8) is 0 Å². The number of alkyl halides is 6. The number of aromatic nitrogens is 2. The van der Waals surface area contributed by atoms with Gasteiger partial charge in [-0.2, -0.15) is 31.4 Å². The number of carbonyl (C=O) groups is 2. The minimum atomic E-state index is -5.08. The zero-order valence-corrected chi connectivity index (χ0v) is 18.0. The Balaban J connectivity index is 1.97. The topological polar surface area (TPSA) is 93.5 Å². The first-order chi connectivity index (χ1) is 16.2.